The van der Waals surface area contributed by atoms with Crippen LogP contribution in [0.15, 0.2) is 54.6 Å². The molecule has 142 valence electrons. The maximum absolute atomic E-state index is 13.3. The van der Waals surface area contributed by atoms with E-state index in [1.54, 1.807) is 17.0 Å². The molecule has 27 heavy (non-hydrogen) atoms. The third-order valence-corrected chi connectivity index (χ3v) is 4.90. The zero-order valence-corrected chi connectivity index (χ0v) is 15.4. The van der Waals surface area contributed by atoms with Crippen molar-refractivity contribution in [3.05, 3.63) is 66.0 Å². The molecule has 0 aromatic heterocycles. The Labute approximate surface area is 158 Å². The second-order valence-corrected chi connectivity index (χ2v) is 7.19. The molecule has 1 unspecified atom stereocenters. The lowest BCUT2D eigenvalue weighted by Crippen LogP contribution is -2.52. The summed E-state index contributed by atoms with van der Waals surface area (Å²) in [6, 6.07) is 15.2. The molecule has 1 aliphatic rings. The summed E-state index contributed by atoms with van der Waals surface area (Å²) in [6.07, 6.45) is 1.46. The molecule has 1 fully saturated rings. The zero-order chi connectivity index (χ0) is 19.3. The van der Waals surface area contributed by atoms with Crippen LogP contribution in [0.2, 0.25) is 0 Å². The Hall–Kier alpha value is -2.89. The van der Waals surface area contributed by atoms with Gasteiger partial charge in [-0.15, -0.1) is 0 Å². The lowest BCUT2D eigenvalue weighted by atomic mass is 9.81. The highest BCUT2D eigenvalue weighted by atomic mass is 19.1. The molecule has 2 aromatic rings. The summed E-state index contributed by atoms with van der Waals surface area (Å²) in [5.41, 5.74) is 0.790. The van der Waals surface area contributed by atoms with Crippen molar-refractivity contribution in [2.24, 2.45) is 5.41 Å². The van der Waals surface area contributed by atoms with Crippen LogP contribution >= 0.6 is 0 Å². The molecule has 5 nitrogen and oxygen atoms in total. The fraction of sp³-hybridized carbons (Fsp3) is 0.333. The van der Waals surface area contributed by atoms with Crippen molar-refractivity contribution < 1.29 is 14.0 Å². The van der Waals surface area contributed by atoms with E-state index in [1.807, 2.05) is 37.3 Å². The van der Waals surface area contributed by atoms with E-state index in [1.165, 1.54) is 12.1 Å². The van der Waals surface area contributed by atoms with Gasteiger partial charge in [-0.1, -0.05) is 36.4 Å². The van der Waals surface area contributed by atoms with Crippen LogP contribution in [-0.4, -0.2) is 29.9 Å². The normalized spacial score (nSPS) is 19.4. The van der Waals surface area contributed by atoms with Gasteiger partial charge in [0.15, 0.2) is 0 Å². The van der Waals surface area contributed by atoms with E-state index in [0.29, 0.717) is 25.3 Å². The molecule has 0 radical (unpaired) electrons. The van der Waals surface area contributed by atoms with E-state index >= 15 is 0 Å². The van der Waals surface area contributed by atoms with Gasteiger partial charge >= 0.3 is 6.03 Å². The third kappa shape index (κ3) is 4.84. The number of likely N-dealkylation sites (tertiary alicyclic amines) is 1. The van der Waals surface area contributed by atoms with Crippen LogP contribution in [0.25, 0.3) is 0 Å². The number of nitrogens with one attached hydrogen (secondary N) is 2. The molecule has 3 amide bonds. The number of rotatable bonds is 4. The van der Waals surface area contributed by atoms with Crippen LogP contribution in [0.4, 0.5) is 14.9 Å². The van der Waals surface area contributed by atoms with Crippen LogP contribution in [0.5, 0.6) is 0 Å². The summed E-state index contributed by atoms with van der Waals surface area (Å²) in [7, 11) is 0. The molecule has 3 rings (SSSR count). The van der Waals surface area contributed by atoms with Gasteiger partial charge in [0.2, 0.25) is 5.91 Å². The highest BCUT2D eigenvalue weighted by molar-refractivity contribution is 5.90. The van der Waals surface area contributed by atoms with Gasteiger partial charge in [-0.3, -0.25) is 4.79 Å². The van der Waals surface area contributed by atoms with Gasteiger partial charge in [-0.25, -0.2) is 9.18 Å². The van der Waals surface area contributed by atoms with E-state index in [2.05, 4.69) is 10.6 Å². The lowest BCUT2D eigenvalue weighted by Gasteiger charge is -2.39. The predicted molar refractivity (Wildman–Crippen MR) is 103 cm³/mol. The van der Waals surface area contributed by atoms with Gasteiger partial charge in [-0.2, -0.15) is 0 Å². The summed E-state index contributed by atoms with van der Waals surface area (Å²) in [4.78, 5) is 26.9. The Kier molecular flexibility index (Phi) is 5.74. The first kappa shape index (κ1) is 18.9. The minimum absolute atomic E-state index is 0.0605. The summed E-state index contributed by atoms with van der Waals surface area (Å²) in [5.74, 6) is -0.466. The van der Waals surface area contributed by atoms with Crippen molar-refractivity contribution in [1.82, 2.24) is 10.2 Å². The minimum Gasteiger partial charge on any atom is -0.351 e. The zero-order valence-electron chi connectivity index (χ0n) is 15.4. The van der Waals surface area contributed by atoms with Crippen LogP contribution in [0.3, 0.4) is 0 Å². The summed E-state index contributed by atoms with van der Waals surface area (Å²) in [6.45, 7) is 3.25. The molecule has 1 atom stereocenters. The molecule has 0 bridgehead atoms. The largest absolute Gasteiger partial charge is 0.351 e. The predicted octanol–water partition coefficient (Wildman–Crippen LogP) is 3.78. The van der Waals surface area contributed by atoms with E-state index in [9.17, 15) is 14.0 Å². The lowest BCUT2D eigenvalue weighted by molar-refractivity contribution is -0.132. The van der Waals surface area contributed by atoms with Crippen LogP contribution in [0.1, 0.15) is 25.3 Å². The fourth-order valence-corrected chi connectivity index (χ4v) is 3.36. The van der Waals surface area contributed by atoms with Crippen molar-refractivity contribution in [3.63, 3.8) is 0 Å². The average Bonchev–Trinajstić information content (AvgIpc) is 2.67. The fourth-order valence-electron chi connectivity index (χ4n) is 3.36. The highest BCUT2D eigenvalue weighted by Crippen LogP contribution is 2.30. The monoisotopic (exact) mass is 369 g/mol. The number of hydrogen-bond donors (Lipinski definition) is 2. The Morgan fingerprint density at radius 2 is 1.93 bits per heavy atom. The topological polar surface area (TPSA) is 61.4 Å². The van der Waals surface area contributed by atoms with Gasteiger partial charge in [-0.05, 0) is 43.5 Å². The smallest absolute Gasteiger partial charge is 0.321 e. The number of nitrogens with zero attached hydrogens (tertiary/aromatic N) is 1. The highest BCUT2D eigenvalue weighted by Gasteiger charge is 2.39. The number of amides is 3. The number of carbonyl (C=O) groups is 2. The number of halogens is 1. The van der Waals surface area contributed by atoms with Crippen LogP contribution in [-0.2, 0) is 11.3 Å². The number of benzene rings is 2. The van der Waals surface area contributed by atoms with Crippen molar-refractivity contribution in [2.45, 2.75) is 26.3 Å². The Morgan fingerprint density at radius 1 is 1.15 bits per heavy atom. The Balaban J connectivity index is 1.59. The Bertz CT molecular complexity index is 812. The molecule has 1 heterocycles. The Morgan fingerprint density at radius 3 is 2.67 bits per heavy atom. The molecule has 6 heteroatoms. The molecule has 0 aliphatic carbocycles. The maximum Gasteiger partial charge on any atom is 0.321 e. The first-order chi connectivity index (χ1) is 13.0. The van der Waals surface area contributed by atoms with E-state index in [4.69, 9.17) is 0 Å². The number of piperidine rings is 1. The standard InChI is InChI=1S/C21H24FN3O2/c1-21(19(26)23-14-16-7-3-2-4-8-16)11-6-12-25(15-21)20(27)24-18-10-5-9-17(22)13-18/h2-5,7-10,13H,6,11-12,14-15H2,1H3,(H,23,26)(H,24,27). The first-order valence-electron chi connectivity index (χ1n) is 9.10. The SMILES string of the molecule is CC1(C(=O)NCc2ccccc2)CCCN(C(=O)Nc2cccc(F)c2)C1. The average molecular weight is 369 g/mol. The van der Waals surface area contributed by atoms with Crippen LogP contribution in [0, 0.1) is 11.2 Å². The molecule has 0 saturated carbocycles. The quantitative estimate of drug-likeness (QED) is 0.862. The molecular formula is C21H24FN3O2. The van der Waals surface area contributed by atoms with E-state index < -0.39 is 11.2 Å². The molecule has 1 aliphatic heterocycles. The van der Waals surface area contributed by atoms with Crippen LogP contribution < -0.4 is 10.6 Å². The van der Waals surface area contributed by atoms with Gasteiger partial charge < -0.3 is 15.5 Å². The van der Waals surface area contributed by atoms with Gasteiger partial charge in [0.05, 0.1) is 5.41 Å². The first-order valence-corrected chi connectivity index (χ1v) is 9.10. The molecule has 1 saturated heterocycles. The second kappa shape index (κ2) is 8.20. The number of hydrogen-bond acceptors (Lipinski definition) is 2. The molecular weight excluding hydrogens is 345 g/mol. The van der Waals surface area contributed by atoms with Crippen molar-refractivity contribution in [1.29, 1.82) is 0 Å². The van der Waals surface area contributed by atoms with E-state index in [-0.39, 0.29) is 11.9 Å². The van der Waals surface area contributed by atoms with Crippen molar-refractivity contribution in [3.8, 4) is 0 Å². The summed E-state index contributed by atoms with van der Waals surface area (Å²) >= 11 is 0. The number of urea groups is 1. The second-order valence-electron chi connectivity index (χ2n) is 7.19. The molecule has 2 aromatic carbocycles. The van der Waals surface area contributed by atoms with Gasteiger partial charge in [0, 0.05) is 25.3 Å². The minimum atomic E-state index is -0.647. The molecule has 2 N–H and O–H groups in total. The number of carbonyl (C=O) groups excluding carboxylic acids is 2. The van der Waals surface area contributed by atoms with Gasteiger partial charge in [0.25, 0.3) is 0 Å². The van der Waals surface area contributed by atoms with Crippen molar-refractivity contribution in [2.75, 3.05) is 18.4 Å². The van der Waals surface area contributed by atoms with E-state index in [0.717, 1.165) is 18.4 Å². The molecule has 0 spiro atoms. The van der Waals surface area contributed by atoms with Gasteiger partial charge in [0.1, 0.15) is 5.82 Å². The maximum atomic E-state index is 13.3. The summed E-state index contributed by atoms with van der Waals surface area (Å²) < 4.78 is 13.3. The number of anilines is 1. The third-order valence-electron chi connectivity index (χ3n) is 4.90. The summed E-state index contributed by atoms with van der Waals surface area (Å²) in [5, 5.41) is 5.68. The van der Waals surface area contributed by atoms with Crippen molar-refractivity contribution >= 4 is 17.6 Å².